The van der Waals surface area contributed by atoms with E-state index >= 15 is 0 Å². The zero-order valence-electron chi connectivity index (χ0n) is 9.94. The van der Waals surface area contributed by atoms with Gasteiger partial charge in [0.2, 0.25) is 5.82 Å². The second-order valence-electron chi connectivity index (χ2n) is 3.86. The topological polar surface area (TPSA) is 68.1 Å². The van der Waals surface area contributed by atoms with Gasteiger partial charge in [-0.1, -0.05) is 11.6 Å². The molecular weight excluding hydrogens is 292 g/mol. The first-order chi connectivity index (χ1) is 9.49. The Labute approximate surface area is 117 Å². The van der Waals surface area contributed by atoms with Gasteiger partial charge in [-0.3, -0.25) is 15.1 Å². The van der Waals surface area contributed by atoms with Gasteiger partial charge in [-0.25, -0.2) is 4.39 Å². The molecular formula is C12H8ClF2N3O2. The summed E-state index contributed by atoms with van der Waals surface area (Å²) in [5.41, 5.74) is -0.376. The van der Waals surface area contributed by atoms with Crippen molar-refractivity contribution in [3.63, 3.8) is 0 Å². The Kier molecular flexibility index (Phi) is 4.09. The first kappa shape index (κ1) is 14.1. The summed E-state index contributed by atoms with van der Waals surface area (Å²) in [6.07, 6.45) is 2.91. The highest BCUT2D eigenvalue weighted by atomic mass is 35.5. The fraction of sp³-hybridized carbons (Fsp3) is 0.0833. The highest BCUT2D eigenvalue weighted by molar-refractivity contribution is 6.33. The largest absolute Gasteiger partial charge is 0.378 e. The van der Waals surface area contributed by atoms with Crippen LogP contribution in [-0.2, 0) is 6.54 Å². The summed E-state index contributed by atoms with van der Waals surface area (Å²) in [7, 11) is 0. The second-order valence-corrected chi connectivity index (χ2v) is 4.27. The van der Waals surface area contributed by atoms with Gasteiger partial charge in [0.1, 0.15) is 5.82 Å². The summed E-state index contributed by atoms with van der Waals surface area (Å²) >= 11 is 5.87. The number of hydrogen-bond acceptors (Lipinski definition) is 4. The van der Waals surface area contributed by atoms with Crippen LogP contribution < -0.4 is 5.32 Å². The lowest BCUT2D eigenvalue weighted by Crippen LogP contribution is -2.05. The molecule has 8 heteroatoms. The van der Waals surface area contributed by atoms with Crippen LogP contribution >= 0.6 is 11.6 Å². The summed E-state index contributed by atoms with van der Waals surface area (Å²) < 4.78 is 26.7. The number of nitro benzene ring substituents is 1. The number of nitrogens with one attached hydrogen (secondary N) is 1. The molecule has 0 aliphatic rings. The quantitative estimate of drug-likeness (QED) is 0.692. The van der Waals surface area contributed by atoms with Gasteiger partial charge in [0.05, 0.1) is 21.8 Å². The molecule has 1 N–H and O–H groups in total. The van der Waals surface area contributed by atoms with E-state index in [1.165, 1.54) is 18.5 Å². The minimum absolute atomic E-state index is 0.0435. The highest BCUT2D eigenvalue weighted by Gasteiger charge is 2.18. The zero-order chi connectivity index (χ0) is 14.7. The monoisotopic (exact) mass is 299 g/mol. The molecule has 2 rings (SSSR count). The van der Waals surface area contributed by atoms with E-state index in [4.69, 9.17) is 11.6 Å². The standard InChI is InChI=1S/C12H8ClF2N3O2/c13-8-1-2-16-6-11(8)17-5-7-3-12(18(19)20)10(15)4-9(7)14/h1-4,6,17H,5H2. The van der Waals surface area contributed by atoms with Crippen LogP contribution in [0, 0.1) is 21.7 Å². The number of pyridine rings is 1. The van der Waals surface area contributed by atoms with Gasteiger partial charge in [0, 0.05) is 30.4 Å². The van der Waals surface area contributed by atoms with Crippen molar-refractivity contribution in [3.05, 3.63) is 62.9 Å². The maximum atomic E-state index is 13.5. The van der Waals surface area contributed by atoms with Crippen LogP contribution in [0.1, 0.15) is 5.56 Å². The molecule has 0 fully saturated rings. The Hall–Kier alpha value is -2.28. The molecule has 0 unspecified atom stereocenters. The van der Waals surface area contributed by atoms with Crippen molar-refractivity contribution in [3.8, 4) is 0 Å². The molecule has 1 heterocycles. The molecule has 1 aromatic heterocycles. The van der Waals surface area contributed by atoms with Gasteiger partial charge in [-0.15, -0.1) is 0 Å². The number of nitro groups is 1. The Bertz CT molecular complexity index is 667. The molecule has 0 amide bonds. The molecule has 104 valence electrons. The van der Waals surface area contributed by atoms with E-state index in [0.717, 1.165) is 6.07 Å². The number of halogens is 3. The minimum atomic E-state index is -1.21. The molecule has 1 aromatic carbocycles. The van der Waals surface area contributed by atoms with E-state index in [1.54, 1.807) is 0 Å². The molecule has 0 bridgehead atoms. The zero-order valence-corrected chi connectivity index (χ0v) is 10.7. The smallest absolute Gasteiger partial charge is 0.305 e. The van der Waals surface area contributed by atoms with Crippen LogP contribution in [0.25, 0.3) is 0 Å². The molecule has 0 aliphatic heterocycles. The van der Waals surface area contributed by atoms with Gasteiger partial charge in [-0.2, -0.15) is 4.39 Å². The summed E-state index contributed by atoms with van der Waals surface area (Å²) in [5.74, 6) is -2.09. The van der Waals surface area contributed by atoms with E-state index in [9.17, 15) is 18.9 Å². The van der Waals surface area contributed by atoms with Gasteiger partial charge < -0.3 is 5.32 Å². The summed E-state index contributed by atoms with van der Waals surface area (Å²) in [6, 6.07) is 2.87. The predicted octanol–water partition coefficient (Wildman–Crippen LogP) is 3.53. The molecule has 0 aliphatic carbocycles. The Balaban J connectivity index is 2.24. The lowest BCUT2D eigenvalue weighted by atomic mass is 10.1. The number of nitrogens with zero attached hydrogens (tertiary/aromatic N) is 2. The third kappa shape index (κ3) is 3.00. The van der Waals surface area contributed by atoms with Crippen LogP contribution in [0.15, 0.2) is 30.6 Å². The van der Waals surface area contributed by atoms with Gasteiger partial charge in [-0.05, 0) is 6.07 Å². The molecule has 20 heavy (non-hydrogen) atoms. The Morgan fingerprint density at radius 3 is 2.75 bits per heavy atom. The summed E-state index contributed by atoms with van der Waals surface area (Å²) in [5, 5.41) is 13.8. The second kappa shape index (κ2) is 5.79. The van der Waals surface area contributed by atoms with Crippen molar-refractivity contribution in [1.82, 2.24) is 4.98 Å². The first-order valence-corrected chi connectivity index (χ1v) is 5.82. The average Bonchev–Trinajstić information content (AvgIpc) is 2.39. The van der Waals surface area contributed by atoms with E-state index in [-0.39, 0.29) is 12.1 Å². The number of benzene rings is 1. The molecule has 5 nitrogen and oxygen atoms in total. The number of anilines is 1. The predicted molar refractivity (Wildman–Crippen MR) is 69.6 cm³/mol. The average molecular weight is 300 g/mol. The molecule has 0 spiro atoms. The Morgan fingerprint density at radius 2 is 2.10 bits per heavy atom. The fourth-order valence-electron chi connectivity index (χ4n) is 1.55. The maximum Gasteiger partial charge on any atom is 0.305 e. The van der Waals surface area contributed by atoms with Crippen molar-refractivity contribution in [2.45, 2.75) is 6.54 Å². The van der Waals surface area contributed by atoms with E-state index < -0.39 is 22.2 Å². The summed E-state index contributed by atoms with van der Waals surface area (Å²) in [6.45, 7) is -0.0850. The summed E-state index contributed by atoms with van der Waals surface area (Å²) in [4.78, 5) is 13.5. The number of aromatic nitrogens is 1. The highest BCUT2D eigenvalue weighted by Crippen LogP contribution is 2.24. The van der Waals surface area contributed by atoms with Crippen molar-refractivity contribution in [2.75, 3.05) is 5.32 Å². The third-order valence-corrected chi connectivity index (χ3v) is 2.88. The number of rotatable bonds is 4. The number of hydrogen-bond donors (Lipinski definition) is 1. The van der Waals surface area contributed by atoms with Crippen molar-refractivity contribution in [1.29, 1.82) is 0 Å². The van der Waals surface area contributed by atoms with E-state index in [0.29, 0.717) is 16.8 Å². The van der Waals surface area contributed by atoms with Crippen LogP contribution in [0.3, 0.4) is 0 Å². The van der Waals surface area contributed by atoms with Gasteiger partial charge in [0.15, 0.2) is 0 Å². The van der Waals surface area contributed by atoms with Crippen molar-refractivity contribution < 1.29 is 13.7 Å². The van der Waals surface area contributed by atoms with Crippen LogP contribution in [-0.4, -0.2) is 9.91 Å². The minimum Gasteiger partial charge on any atom is -0.378 e. The van der Waals surface area contributed by atoms with E-state index in [2.05, 4.69) is 10.3 Å². The van der Waals surface area contributed by atoms with Crippen molar-refractivity contribution >= 4 is 23.0 Å². The molecule has 0 radical (unpaired) electrons. The SMILES string of the molecule is O=[N+]([O-])c1cc(CNc2cnccc2Cl)c(F)cc1F. The first-order valence-electron chi connectivity index (χ1n) is 5.44. The molecule has 0 atom stereocenters. The fourth-order valence-corrected chi connectivity index (χ4v) is 1.73. The maximum absolute atomic E-state index is 13.5. The normalized spacial score (nSPS) is 10.3. The van der Waals surface area contributed by atoms with Gasteiger partial charge in [0.25, 0.3) is 0 Å². The molecule has 0 saturated carbocycles. The van der Waals surface area contributed by atoms with E-state index in [1.807, 2.05) is 0 Å². The lowest BCUT2D eigenvalue weighted by molar-refractivity contribution is -0.387. The molecule has 0 saturated heterocycles. The van der Waals surface area contributed by atoms with Crippen LogP contribution in [0.2, 0.25) is 5.02 Å². The third-order valence-electron chi connectivity index (χ3n) is 2.55. The van der Waals surface area contributed by atoms with Gasteiger partial charge >= 0.3 is 5.69 Å². The lowest BCUT2D eigenvalue weighted by Gasteiger charge is -2.08. The van der Waals surface area contributed by atoms with Crippen molar-refractivity contribution in [2.24, 2.45) is 0 Å². The van der Waals surface area contributed by atoms with Crippen LogP contribution in [0.4, 0.5) is 20.2 Å². The van der Waals surface area contributed by atoms with Crippen LogP contribution in [0.5, 0.6) is 0 Å². The Morgan fingerprint density at radius 1 is 1.35 bits per heavy atom. The molecule has 2 aromatic rings.